The van der Waals surface area contributed by atoms with Crippen LogP contribution in [0.2, 0.25) is 0 Å². The molecule has 0 saturated carbocycles. The Morgan fingerprint density at radius 3 is 2.52 bits per heavy atom. The quantitative estimate of drug-likeness (QED) is 0.237. The van der Waals surface area contributed by atoms with Gasteiger partial charge in [0.05, 0.1) is 22.1 Å². The fraction of sp³-hybridized carbons (Fsp3) is 0.0952. The number of nitro benzene ring substituents is 1. The van der Waals surface area contributed by atoms with Crippen LogP contribution in [0.4, 0.5) is 11.4 Å². The first kappa shape index (κ1) is 20.8. The molecule has 0 radical (unpaired) electrons. The largest absolute Gasteiger partial charge is 0.325 e. The van der Waals surface area contributed by atoms with Gasteiger partial charge in [-0.15, -0.1) is 21.5 Å². The van der Waals surface area contributed by atoms with Crippen LogP contribution in [0.25, 0.3) is 10.7 Å². The monoisotopic (exact) mass is 451 g/mol. The van der Waals surface area contributed by atoms with Gasteiger partial charge in [0, 0.05) is 17.8 Å². The molecule has 0 bridgehead atoms. The molecule has 156 valence electrons. The molecule has 4 aromatic rings. The molecule has 0 saturated heterocycles. The van der Waals surface area contributed by atoms with Crippen molar-refractivity contribution in [3.05, 3.63) is 87.8 Å². The van der Waals surface area contributed by atoms with Gasteiger partial charge < -0.3 is 5.32 Å². The number of thioether (sulfide) groups is 1. The smallest absolute Gasteiger partial charge is 0.269 e. The zero-order valence-corrected chi connectivity index (χ0v) is 17.8. The van der Waals surface area contributed by atoms with Gasteiger partial charge in [-0.25, -0.2) is 0 Å². The van der Waals surface area contributed by atoms with E-state index in [0.29, 0.717) is 17.4 Å². The molecule has 31 heavy (non-hydrogen) atoms. The number of nitro groups is 1. The molecule has 2 heterocycles. The highest BCUT2D eigenvalue weighted by Crippen LogP contribution is 2.28. The van der Waals surface area contributed by atoms with E-state index in [2.05, 4.69) is 15.5 Å². The van der Waals surface area contributed by atoms with Crippen molar-refractivity contribution in [3.63, 3.8) is 0 Å². The number of amides is 1. The van der Waals surface area contributed by atoms with Crippen LogP contribution in [0.3, 0.4) is 0 Å². The number of carbonyl (C=O) groups excluding carboxylic acids is 1. The number of aromatic nitrogens is 3. The molecule has 1 N–H and O–H groups in total. The van der Waals surface area contributed by atoms with Gasteiger partial charge in [0.1, 0.15) is 0 Å². The Labute approximate surface area is 186 Å². The number of nitrogens with zero attached hydrogens (tertiary/aromatic N) is 4. The molecule has 1 amide bonds. The van der Waals surface area contributed by atoms with E-state index < -0.39 is 4.92 Å². The average Bonchev–Trinajstić information content (AvgIpc) is 3.43. The highest BCUT2D eigenvalue weighted by molar-refractivity contribution is 7.99. The third kappa shape index (κ3) is 5.16. The van der Waals surface area contributed by atoms with Crippen LogP contribution in [0.1, 0.15) is 5.56 Å². The Kier molecular flexibility index (Phi) is 6.39. The summed E-state index contributed by atoms with van der Waals surface area (Å²) in [6.45, 7) is 0.591. The van der Waals surface area contributed by atoms with Crippen LogP contribution < -0.4 is 5.32 Å². The Morgan fingerprint density at radius 2 is 1.84 bits per heavy atom. The first-order valence-electron chi connectivity index (χ1n) is 9.28. The van der Waals surface area contributed by atoms with Gasteiger partial charge in [-0.2, -0.15) is 0 Å². The fourth-order valence-corrected chi connectivity index (χ4v) is 4.34. The number of benzene rings is 2. The van der Waals surface area contributed by atoms with E-state index in [9.17, 15) is 14.9 Å². The maximum Gasteiger partial charge on any atom is 0.269 e. The topological polar surface area (TPSA) is 103 Å². The first-order chi connectivity index (χ1) is 15.1. The number of rotatable bonds is 8. The molecular formula is C21H17N5O3S2. The zero-order chi connectivity index (χ0) is 21.6. The fourth-order valence-electron chi connectivity index (χ4n) is 2.89. The summed E-state index contributed by atoms with van der Waals surface area (Å²) in [4.78, 5) is 23.7. The minimum Gasteiger partial charge on any atom is -0.325 e. The number of hydrogen-bond acceptors (Lipinski definition) is 7. The Morgan fingerprint density at radius 1 is 1.06 bits per heavy atom. The number of hydrogen-bond donors (Lipinski definition) is 1. The third-order valence-corrected chi connectivity index (χ3v) is 6.17. The second kappa shape index (κ2) is 9.54. The maximum absolute atomic E-state index is 12.4. The molecule has 0 fully saturated rings. The lowest BCUT2D eigenvalue weighted by Crippen LogP contribution is -2.14. The van der Waals surface area contributed by atoms with Gasteiger partial charge in [0.25, 0.3) is 5.69 Å². The van der Waals surface area contributed by atoms with Gasteiger partial charge in [-0.3, -0.25) is 19.5 Å². The lowest BCUT2D eigenvalue weighted by Gasteiger charge is -2.10. The van der Waals surface area contributed by atoms with Crippen molar-refractivity contribution in [3.8, 4) is 10.7 Å². The van der Waals surface area contributed by atoms with Crippen molar-refractivity contribution in [1.82, 2.24) is 14.8 Å². The van der Waals surface area contributed by atoms with Crippen molar-refractivity contribution in [2.75, 3.05) is 11.1 Å². The highest BCUT2D eigenvalue weighted by atomic mass is 32.2. The van der Waals surface area contributed by atoms with Crippen LogP contribution in [0.15, 0.2) is 77.3 Å². The van der Waals surface area contributed by atoms with Crippen LogP contribution in [-0.4, -0.2) is 31.3 Å². The SMILES string of the molecule is O=C(CSc1nnc(-c2cccs2)n1Cc1ccccc1)Nc1ccc([N+](=O)[O-])cc1. The maximum atomic E-state index is 12.4. The summed E-state index contributed by atoms with van der Waals surface area (Å²) >= 11 is 2.88. The standard InChI is InChI=1S/C21H17N5O3S2/c27-19(22-16-8-10-17(11-9-16)26(28)29)14-31-21-24-23-20(18-7-4-12-30-18)25(21)13-15-5-2-1-3-6-15/h1-12H,13-14H2,(H,22,27). The molecule has 2 aromatic carbocycles. The van der Waals surface area contributed by atoms with Gasteiger partial charge in [0.15, 0.2) is 11.0 Å². The number of non-ortho nitro benzene ring substituents is 1. The molecule has 0 aliphatic carbocycles. The second-order valence-electron chi connectivity index (χ2n) is 6.50. The molecule has 8 nitrogen and oxygen atoms in total. The average molecular weight is 452 g/mol. The summed E-state index contributed by atoms with van der Waals surface area (Å²) in [6, 6.07) is 19.7. The number of carbonyl (C=O) groups is 1. The Bertz CT molecular complexity index is 1180. The second-order valence-corrected chi connectivity index (χ2v) is 8.39. The zero-order valence-electron chi connectivity index (χ0n) is 16.2. The van der Waals surface area contributed by atoms with E-state index in [1.165, 1.54) is 36.0 Å². The number of nitrogens with one attached hydrogen (secondary N) is 1. The van der Waals surface area contributed by atoms with Crippen molar-refractivity contribution in [1.29, 1.82) is 0 Å². The van der Waals surface area contributed by atoms with E-state index in [-0.39, 0.29) is 17.3 Å². The van der Waals surface area contributed by atoms with Gasteiger partial charge >= 0.3 is 0 Å². The predicted octanol–water partition coefficient (Wildman–Crippen LogP) is 4.69. The molecule has 10 heteroatoms. The third-order valence-electron chi connectivity index (χ3n) is 4.34. The van der Waals surface area contributed by atoms with E-state index >= 15 is 0 Å². The number of anilines is 1. The molecule has 0 atom stereocenters. The molecule has 2 aromatic heterocycles. The van der Waals surface area contributed by atoms with Crippen molar-refractivity contribution in [2.45, 2.75) is 11.7 Å². The predicted molar refractivity (Wildman–Crippen MR) is 121 cm³/mol. The molecule has 0 spiro atoms. The molecule has 0 unspecified atom stereocenters. The number of thiophene rings is 1. The summed E-state index contributed by atoms with van der Waals surface area (Å²) in [5, 5.41) is 24.8. The summed E-state index contributed by atoms with van der Waals surface area (Å²) in [5.41, 5.74) is 1.58. The van der Waals surface area contributed by atoms with Crippen molar-refractivity contribution in [2.24, 2.45) is 0 Å². The summed E-state index contributed by atoms with van der Waals surface area (Å²) < 4.78 is 2.00. The molecular weight excluding hydrogens is 434 g/mol. The minimum atomic E-state index is -0.480. The van der Waals surface area contributed by atoms with E-state index in [1.807, 2.05) is 52.4 Å². The van der Waals surface area contributed by atoms with Crippen LogP contribution in [0, 0.1) is 10.1 Å². The van der Waals surface area contributed by atoms with E-state index in [4.69, 9.17) is 0 Å². The van der Waals surface area contributed by atoms with Crippen LogP contribution >= 0.6 is 23.1 Å². The Balaban J connectivity index is 1.47. The van der Waals surface area contributed by atoms with Gasteiger partial charge in [0.2, 0.25) is 5.91 Å². The van der Waals surface area contributed by atoms with E-state index in [1.54, 1.807) is 11.3 Å². The highest BCUT2D eigenvalue weighted by Gasteiger charge is 2.17. The van der Waals surface area contributed by atoms with Crippen molar-refractivity contribution >= 4 is 40.4 Å². The normalized spacial score (nSPS) is 10.7. The first-order valence-corrected chi connectivity index (χ1v) is 11.1. The van der Waals surface area contributed by atoms with Crippen LogP contribution in [-0.2, 0) is 11.3 Å². The van der Waals surface area contributed by atoms with Gasteiger partial charge in [-0.1, -0.05) is 48.2 Å². The van der Waals surface area contributed by atoms with E-state index in [0.717, 1.165) is 16.3 Å². The van der Waals surface area contributed by atoms with Gasteiger partial charge in [-0.05, 0) is 29.1 Å². The molecule has 4 rings (SSSR count). The summed E-state index contributed by atoms with van der Waals surface area (Å²) in [5.74, 6) is 0.664. The van der Waals surface area contributed by atoms with Crippen molar-refractivity contribution < 1.29 is 9.72 Å². The minimum absolute atomic E-state index is 0.0255. The lowest BCUT2D eigenvalue weighted by atomic mass is 10.2. The summed E-state index contributed by atoms with van der Waals surface area (Å²) in [6.07, 6.45) is 0. The molecule has 0 aliphatic rings. The molecule has 0 aliphatic heterocycles. The van der Waals surface area contributed by atoms with Crippen LogP contribution in [0.5, 0.6) is 0 Å². The Hall–Kier alpha value is -3.50. The lowest BCUT2D eigenvalue weighted by molar-refractivity contribution is -0.384. The summed E-state index contributed by atoms with van der Waals surface area (Å²) in [7, 11) is 0.